The molecule has 1 heterocycles. The van der Waals surface area contributed by atoms with E-state index in [9.17, 15) is 4.79 Å². The van der Waals surface area contributed by atoms with E-state index < -0.39 is 0 Å². The van der Waals surface area contributed by atoms with Crippen molar-refractivity contribution in [3.8, 4) is 0 Å². The van der Waals surface area contributed by atoms with Crippen molar-refractivity contribution >= 4 is 5.91 Å². The fourth-order valence-corrected chi connectivity index (χ4v) is 1.03. The Kier molecular flexibility index (Phi) is 2.27. The van der Waals surface area contributed by atoms with E-state index in [-0.39, 0.29) is 5.91 Å². The predicted octanol–water partition coefficient (Wildman–Crippen LogP) is -0.220. The average Bonchev–Trinajstić information content (AvgIpc) is 2.04. The third kappa shape index (κ3) is 1.70. The maximum Gasteiger partial charge on any atom is 0.223 e. The maximum absolute atomic E-state index is 11.1. The number of amides is 1. The highest BCUT2D eigenvalue weighted by Gasteiger charge is 2.14. The van der Waals surface area contributed by atoms with Crippen LogP contribution in [0.3, 0.4) is 0 Å². The minimum Gasteiger partial charge on any atom is -0.344 e. The number of nitrogens with zero attached hydrogens (tertiary/aromatic N) is 2. The molecule has 0 aromatic rings. The molecule has 0 N–H and O–H groups in total. The second-order valence-corrected chi connectivity index (χ2v) is 2.87. The zero-order valence-corrected chi connectivity index (χ0v) is 6.63. The normalized spacial score (nSPS) is 23.0. The smallest absolute Gasteiger partial charge is 0.223 e. The van der Waals surface area contributed by atoms with Crippen LogP contribution in [0.4, 0.5) is 0 Å². The molecule has 0 aromatic heterocycles. The minimum atomic E-state index is 0.268. The van der Waals surface area contributed by atoms with E-state index in [1.807, 2.05) is 14.1 Å². The van der Waals surface area contributed by atoms with Crippen LogP contribution in [0.2, 0.25) is 0 Å². The maximum atomic E-state index is 11.1. The first-order valence-electron chi connectivity index (χ1n) is 3.62. The summed E-state index contributed by atoms with van der Waals surface area (Å²) in [6, 6.07) is 0. The zero-order valence-electron chi connectivity index (χ0n) is 6.63. The Bertz CT molecular complexity index is 136. The number of rotatable bonds is 0. The Hall–Kier alpha value is -0.570. The molecule has 1 rings (SSSR count). The molecular formula is C7H14N2O. The van der Waals surface area contributed by atoms with Gasteiger partial charge >= 0.3 is 0 Å². The summed E-state index contributed by atoms with van der Waals surface area (Å²) in [7, 11) is 3.91. The van der Waals surface area contributed by atoms with Crippen molar-refractivity contribution in [3.05, 3.63) is 0 Å². The number of carbonyl (C=O) groups is 1. The van der Waals surface area contributed by atoms with Gasteiger partial charge in [0.15, 0.2) is 0 Å². The molecule has 0 unspecified atom stereocenters. The first-order chi connectivity index (χ1) is 4.70. The number of hydrogen-bond acceptors (Lipinski definition) is 2. The van der Waals surface area contributed by atoms with Gasteiger partial charge in [0.2, 0.25) is 5.91 Å². The molecule has 0 radical (unpaired) electrons. The van der Waals surface area contributed by atoms with Crippen molar-refractivity contribution in [2.24, 2.45) is 0 Å². The van der Waals surface area contributed by atoms with Gasteiger partial charge in [0, 0.05) is 33.1 Å². The first-order valence-corrected chi connectivity index (χ1v) is 3.62. The molecule has 0 aromatic carbocycles. The van der Waals surface area contributed by atoms with E-state index in [0.717, 1.165) is 19.6 Å². The molecule has 1 aliphatic rings. The van der Waals surface area contributed by atoms with Crippen molar-refractivity contribution in [2.45, 2.75) is 6.42 Å². The van der Waals surface area contributed by atoms with Crippen LogP contribution in [0.15, 0.2) is 0 Å². The Balaban J connectivity index is 2.46. The molecule has 0 saturated carbocycles. The van der Waals surface area contributed by atoms with Crippen molar-refractivity contribution in [3.63, 3.8) is 0 Å². The molecular weight excluding hydrogens is 128 g/mol. The molecule has 3 heteroatoms. The Morgan fingerprint density at radius 2 is 1.90 bits per heavy atom. The van der Waals surface area contributed by atoms with E-state index in [0.29, 0.717) is 6.42 Å². The van der Waals surface area contributed by atoms with Crippen molar-refractivity contribution in [1.82, 2.24) is 9.80 Å². The summed E-state index contributed by atoms with van der Waals surface area (Å²) in [5.74, 6) is 0.268. The average molecular weight is 142 g/mol. The quantitative estimate of drug-likeness (QED) is 0.467. The van der Waals surface area contributed by atoms with Crippen molar-refractivity contribution < 1.29 is 4.79 Å². The molecule has 1 aliphatic heterocycles. The molecule has 0 atom stereocenters. The van der Waals surface area contributed by atoms with E-state index in [1.165, 1.54) is 0 Å². The van der Waals surface area contributed by atoms with Gasteiger partial charge in [-0.15, -0.1) is 0 Å². The van der Waals surface area contributed by atoms with E-state index >= 15 is 0 Å². The SMILES string of the molecule is CN1CCC(=O)N(C)CC1. The van der Waals surface area contributed by atoms with Gasteiger partial charge in [-0.2, -0.15) is 0 Å². The van der Waals surface area contributed by atoms with Crippen molar-refractivity contribution in [2.75, 3.05) is 33.7 Å². The van der Waals surface area contributed by atoms with Crippen LogP contribution >= 0.6 is 0 Å². The van der Waals surface area contributed by atoms with Crippen LogP contribution in [0.25, 0.3) is 0 Å². The molecule has 1 fully saturated rings. The lowest BCUT2D eigenvalue weighted by Crippen LogP contribution is -2.28. The topological polar surface area (TPSA) is 23.6 Å². The Morgan fingerprint density at radius 3 is 2.60 bits per heavy atom. The summed E-state index contributed by atoms with van der Waals surface area (Å²) >= 11 is 0. The van der Waals surface area contributed by atoms with Gasteiger partial charge in [-0.1, -0.05) is 0 Å². The fourth-order valence-electron chi connectivity index (χ4n) is 1.03. The van der Waals surface area contributed by atoms with E-state index in [1.54, 1.807) is 4.90 Å². The lowest BCUT2D eigenvalue weighted by atomic mass is 10.4. The lowest BCUT2D eigenvalue weighted by molar-refractivity contribution is -0.129. The Labute approximate surface area is 61.6 Å². The number of carbonyl (C=O) groups excluding carboxylic acids is 1. The highest BCUT2D eigenvalue weighted by Crippen LogP contribution is 1.98. The minimum absolute atomic E-state index is 0.268. The molecule has 10 heavy (non-hydrogen) atoms. The van der Waals surface area contributed by atoms with Crippen molar-refractivity contribution in [1.29, 1.82) is 0 Å². The van der Waals surface area contributed by atoms with Crippen LogP contribution in [0.5, 0.6) is 0 Å². The van der Waals surface area contributed by atoms with Crippen LogP contribution in [0.1, 0.15) is 6.42 Å². The van der Waals surface area contributed by atoms with Gasteiger partial charge in [-0.3, -0.25) is 4.79 Å². The molecule has 1 amide bonds. The third-order valence-electron chi connectivity index (χ3n) is 1.95. The summed E-state index contributed by atoms with van der Waals surface area (Å²) < 4.78 is 0. The first kappa shape index (κ1) is 7.54. The molecule has 1 saturated heterocycles. The van der Waals surface area contributed by atoms with Crippen LogP contribution in [-0.2, 0) is 4.79 Å². The van der Waals surface area contributed by atoms with Gasteiger partial charge in [0.25, 0.3) is 0 Å². The second kappa shape index (κ2) is 3.01. The fraction of sp³-hybridized carbons (Fsp3) is 0.857. The summed E-state index contributed by atoms with van der Waals surface area (Å²) in [5.41, 5.74) is 0. The van der Waals surface area contributed by atoms with E-state index in [2.05, 4.69) is 4.90 Å². The lowest BCUT2D eigenvalue weighted by Gasteiger charge is -2.13. The third-order valence-corrected chi connectivity index (χ3v) is 1.95. The highest BCUT2D eigenvalue weighted by molar-refractivity contribution is 5.76. The van der Waals surface area contributed by atoms with Crippen LogP contribution < -0.4 is 0 Å². The van der Waals surface area contributed by atoms with Crippen LogP contribution in [0, 0.1) is 0 Å². The molecule has 0 aliphatic carbocycles. The van der Waals surface area contributed by atoms with Gasteiger partial charge in [-0.25, -0.2) is 0 Å². The van der Waals surface area contributed by atoms with E-state index in [4.69, 9.17) is 0 Å². The monoisotopic (exact) mass is 142 g/mol. The summed E-state index contributed by atoms with van der Waals surface area (Å²) in [6.45, 7) is 2.78. The van der Waals surface area contributed by atoms with Crippen LogP contribution in [-0.4, -0.2) is 49.4 Å². The van der Waals surface area contributed by atoms with Gasteiger partial charge in [-0.05, 0) is 7.05 Å². The van der Waals surface area contributed by atoms with Gasteiger partial charge in [0.1, 0.15) is 0 Å². The number of likely N-dealkylation sites (N-methyl/N-ethyl adjacent to an activating group) is 2. The summed E-state index contributed by atoms with van der Waals surface area (Å²) in [5, 5.41) is 0. The van der Waals surface area contributed by atoms with Gasteiger partial charge in [0.05, 0.1) is 0 Å². The largest absolute Gasteiger partial charge is 0.344 e. The summed E-state index contributed by atoms with van der Waals surface area (Å²) in [4.78, 5) is 15.0. The number of hydrogen-bond donors (Lipinski definition) is 0. The zero-order chi connectivity index (χ0) is 7.56. The molecule has 0 spiro atoms. The highest BCUT2D eigenvalue weighted by atomic mass is 16.2. The molecule has 58 valence electrons. The molecule has 3 nitrogen and oxygen atoms in total. The second-order valence-electron chi connectivity index (χ2n) is 2.87. The molecule has 0 bridgehead atoms. The predicted molar refractivity (Wildman–Crippen MR) is 39.8 cm³/mol. The summed E-state index contributed by atoms with van der Waals surface area (Å²) in [6.07, 6.45) is 0.674. The Morgan fingerprint density at radius 1 is 1.20 bits per heavy atom. The standard InChI is InChI=1S/C7H14N2O/c1-8-4-3-7(10)9(2)6-5-8/h3-6H2,1-2H3. The van der Waals surface area contributed by atoms with Gasteiger partial charge < -0.3 is 9.80 Å².